The Kier molecular flexibility index (Phi) is 5.72. The van der Waals surface area contributed by atoms with Gasteiger partial charge in [0.15, 0.2) is 0 Å². The van der Waals surface area contributed by atoms with E-state index >= 15 is 0 Å². The number of aliphatic hydroxyl groups is 1. The molecule has 1 aliphatic carbocycles. The molecule has 0 aliphatic heterocycles. The van der Waals surface area contributed by atoms with Gasteiger partial charge in [-0.25, -0.2) is 8.42 Å². The third-order valence-electron chi connectivity index (χ3n) is 3.16. The van der Waals surface area contributed by atoms with Crippen molar-refractivity contribution in [2.75, 3.05) is 19.7 Å². The van der Waals surface area contributed by atoms with Crippen molar-refractivity contribution >= 4 is 10.0 Å². The van der Waals surface area contributed by atoms with Crippen molar-refractivity contribution in [1.29, 1.82) is 0 Å². The molecule has 0 aromatic rings. The third kappa shape index (κ3) is 3.43. The number of aliphatic hydroxyl groups excluding tert-OH is 1. The summed E-state index contributed by atoms with van der Waals surface area (Å²) in [5, 5.41) is 8.71. The molecular formula is C11H23NO3S. The van der Waals surface area contributed by atoms with Gasteiger partial charge in [-0.15, -0.1) is 0 Å². The quantitative estimate of drug-likeness (QED) is 0.773. The van der Waals surface area contributed by atoms with Crippen molar-refractivity contribution < 1.29 is 13.5 Å². The lowest BCUT2D eigenvalue weighted by Crippen LogP contribution is -2.41. The number of hydrogen-bond acceptors (Lipinski definition) is 3. The van der Waals surface area contributed by atoms with Gasteiger partial charge < -0.3 is 5.11 Å². The van der Waals surface area contributed by atoms with E-state index in [4.69, 9.17) is 5.11 Å². The van der Waals surface area contributed by atoms with Gasteiger partial charge in [0.25, 0.3) is 0 Å². The lowest BCUT2D eigenvalue weighted by atomic mass is 10.0. The zero-order valence-electron chi connectivity index (χ0n) is 10.1. The second-order valence-electron chi connectivity index (χ2n) is 4.43. The smallest absolute Gasteiger partial charge is 0.217 e. The number of hydrogen-bond donors (Lipinski definition) is 1. The third-order valence-corrected chi connectivity index (χ3v) is 5.55. The summed E-state index contributed by atoms with van der Waals surface area (Å²) < 4.78 is 26.0. The highest BCUT2D eigenvalue weighted by Crippen LogP contribution is 2.26. The second-order valence-corrected chi connectivity index (χ2v) is 6.64. The molecule has 16 heavy (non-hydrogen) atoms. The van der Waals surface area contributed by atoms with E-state index in [1.54, 1.807) is 0 Å². The molecule has 0 amide bonds. The van der Waals surface area contributed by atoms with Crippen LogP contribution in [0.2, 0.25) is 0 Å². The van der Waals surface area contributed by atoms with Crippen LogP contribution in [0.25, 0.3) is 0 Å². The summed E-state index contributed by atoms with van der Waals surface area (Å²) in [5.41, 5.74) is 0. The van der Waals surface area contributed by atoms with E-state index < -0.39 is 10.0 Å². The minimum absolute atomic E-state index is 0.0913. The highest BCUT2D eigenvalue weighted by Gasteiger charge is 2.31. The van der Waals surface area contributed by atoms with Crippen LogP contribution < -0.4 is 0 Å². The maximum Gasteiger partial charge on any atom is 0.217 e. The Labute approximate surface area is 98.7 Å². The fraction of sp³-hybridized carbons (Fsp3) is 1.00. The molecule has 0 unspecified atom stereocenters. The van der Waals surface area contributed by atoms with Gasteiger partial charge in [0.2, 0.25) is 10.0 Å². The Balaban J connectivity index is 2.70. The van der Waals surface area contributed by atoms with Crippen LogP contribution in [0.5, 0.6) is 0 Å². The van der Waals surface area contributed by atoms with Crippen LogP contribution in [0.3, 0.4) is 0 Å². The largest absolute Gasteiger partial charge is 0.395 e. The molecule has 1 rings (SSSR count). The molecule has 1 saturated carbocycles. The Morgan fingerprint density at radius 1 is 1.19 bits per heavy atom. The summed E-state index contributed by atoms with van der Waals surface area (Å²) in [6.45, 7) is 2.64. The van der Waals surface area contributed by atoms with Crippen molar-refractivity contribution in [2.24, 2.45) is 0 Å². The Bertz CT molecular complexity index is 278. The molecule has 1 fully saturated rings. The first-order chi connectivity index (χ1) is 7.62. The predicted octanol–water partition coefficient (Wildman–Crippen LogP) is 1.35. The summed E-state index contributed by atoms with van der Waals surface area (Å²) in [7, 11) is -3.18. The van der Waals surface area contributed by atoms with Crippen LogP contribution in [0.1, 0.15) is 45.4 Å². The molecule has 0 heterocycles. The second kappa shape index (κ2) is 6.57. The van der Waals surface area contributed by atoms with Gasteiger partial charge >= 0.3 is 0 Å². The molecule has 0 atom stereocenters. The molecule has 0 bridgehead atoms. The van der Waals surface area contributed by atoms with E-state index in [1.165, 1.54) is 4.31 Å². The van der Waals surface area contributed by atoms with Crippen LogP contribution in [0.15, 0.2) is 0 Å². The monoisotopic (exact) mass is 249 g/mol. The zero-order chi connectivity index (χ0) is 12.0. The van der Waals surface area contributed by atoms with Gasteiger partial charge in [-0.2, -0.15) is 4.31 Å². The topological polar surface area (TPSA) is 57.6 Å². The van der Waals surface area contributed by atoms with Crippen LogP contribution >= 0.6 is 0 Å². The first-order valence-electron chi connectivity index (χ1n) is 6.22. The molecule has 4 nitrogen and oxygen atoms in total. The van der Waals surface area contributed by atoms with Crippen molar-refractivity contribution in [1.82, 2.24) is 4.31 Å². The van der Waals surface area contributed by atoms with Crippen molar-refractivity contribution in [3.63, 3.8) is 0 Å². The minimum Gasteiger partial charge on any atom is -0.395 e. The highest BCUT2D eigenvalue weighted by atomic mass is 32.2. The highest BCUT2D eigenvalue weighted by molar-refractivity contribution is 7.89. The normalized spacial score (nSPS) is 19.2. The Morgan fingerprint density at radius 2 is 1.81 bits per heavy atom. The summed E-state index contributed by atoms with van der Waals surface area (Å²) in [6.07, 6.45) is 5.56. The van der Waals surface area contributed by atoms with Crippen molar-refractivity contribution in [3.05, 3.63) is 0 Å². The lowest BCUT2D eigenvalue weighted by molar-refractivity contribution is 0.251. The van der Waals surface area contributed by atoms with Gasteiger partial charge in [0, 0.05) is 13.1 Å². The standard InChI is InChI=1S/C11H23NO3S/c1-2-8-12(9-10-13)16(14,15)11-6-4-3-5-7-11/h11,13H,2-10H2,1H3. The van der Waals surface area contributed by atoms with E-state index in [9.17, 15) is 8.42 Å². The molecule has 0 spiro atoms. The maximum atomic E-state index is 12.3. The molecule has 5 heteroatoms. The number of sulfonamides is 1. The lowest BCUT2D eigenvalue weighted by Gasteiger charge is -2.29. The van der Waals surface area contributed by atoms with Crippen LogP contribution in [0.4, 0.5) is 0 Å². The van der Waals surface area contributed by atoms with Crippen LogP contribution in [0, 0.1) is 0 Å². The van der Waals surface area contributed by atoms with Gasteiger partial charge in [-0.05, 0) is 19.3 Å². The van der Waals surface area contributed by atoms with E-state index in [-0.39, 0.29) is 18.4 Å². The van der Waals surface area contributed by atoms with Gasteiger partial charge in [0.05, 0.1) is 11.9 Å². The first-order valence-corrected chi connectivity index (χ1v) is 7.73. The molecule has 0 aromatic carbocycles. The van der Waals surface area contributed by atoms with Gasteiger partial charge in [-0.3, -0.25) is 0 Å². The number of rotatable bonds is 6. The first kappa shape index (κ1) is 13.9. The molecule has 0 radical (unpaired) electrons. The fourth-order valence-electron chi connectivity index (χ4n) is 2.30. The fourth-order valence-corrected chi connectivity index (χ4v) is 4.42. The summed E-state index contributed by atoms with van der Waals surface area (Å²) in [6, 6.07) is 0. The van der Waals surface area contributed by atoms with E-state index in [0.717, 1.165) is 38.5 Å². The Hall–Kier alpha value is -0.130. The molecule has 0 aromatic heterocycles. The van der Waals surface area contributed by atoms with E-state index in [2.05, 4.69) is 0 Å². The molecule has 96 valence electrons. The molecule has 0 saturated heterocycles. The zero-order valence-corrected chi connectivity index (χ0v) is 10.9. The Morgan fingerprint density at radius 3 is 2.31 bits per heavy atom. The maximum absolute atomic E-state index is 12.3. The van der Waals surface area contributed by atoms with Crippen LogP contribution in [-0.2, 0) is 10.0 Å². The molecule has 1 aliphatic rings. The summed E-state index contributed by atoms with van der Waals surface area (Å²) in [4.78, 5) is 0. The summed E-state index contributed by atoms with van der Waals surface area (Å²) in [5.74, 6) is 0. The van der Waals surface area contributed by atoms with Crippen molar-refractivity contribution in [3.8, 4) is 0 Å². The van der Waals surface area contributed by atoms with E-state index in [1.807, 2.05) is 6.92 Å². The molecule has 1 N–H and O–H groups in total. The number of nitrogens with zero attached hydrogens (tertiary/aromatic N) is 1. The molecular weight excluding hydrogens is 226 g/mol. The summed E-state index contributed by atoms with van der Waals surface area (Å²) >= 11 is 0. The predicted molar refractivity (Wildman–Crippen MR) is 64.7 cm³/mol. The van der Waals surface area contributed by atoms with Crippen LogP contribution in [-0.4, -0.2) is 42.8 Å². The average molecular weight is 249 g/mol. The van der Waals surface area contributed by atoms with Gasteiger partial charge in [0.1, 0.15) is 0 Å². The minimum atomic E-state index is -3.18. The SMILES string of the molecule is CCCN(CCO)S(=O)(=O)C1CCCCC1. The average Bonchev–Trinajstić information content (AvgIpc) is 2.30. The van der Waals surface area contributed by atoms with Gasteiger partial charge in [-0.1, -0.05) is 26.2 Å². The van der Waals surface area contributed by atoms with Crippen molar-refractivity contribution in [2.45, 2.75) is 50.7 Å². The van der Waals surface area contributed by atoms with E-state index in [0.29, 0.717) is 6.54 Å².